The maximum Gasteiger partial charge on any atom is 0.416 e. The van der Waals surface area contributed by atoms with Gasteiger partial charge in [0.25, 0.3) is 0 Å². The van der Waals surface area contributed by atoms with E-state index in [-0.39, 0.29) is 18.7 Å². The number of aromatic nitrogens is 2. The van der Waals surface area contributed by atoms with Crippen LogP contribution in [0.2, 0.25) is 0 Å². The van der Waals surface area contributed by atoms with Gasteiger partial charge in [-0.3, -0.25) is 0 Å². The fourth-order valence-electron chi connectivity index (χ4n) is 1.71. The standard InChI is InChI=1S/C12H11F3N2O/c13-12(14,15)11-4-2-1-3-9(11)5-17-6-10(7-18)16-8-17/h1-4,6,8,18H,5,7H2. The molecule has 1 heterocycles. The second kappa shape index (κ2) is 4.81. The van der Waals surface area contributed by atoms with E-state index in [9.17, 15) is 13.2 Å². The molecule has 0 amide bonds. The topological polar surface area (TPSA) is 38.0 Å². The Hall–Kier alpha value is -1.82. The SMILES string of the molecule is OCc1cn(Cc2ccccc2C(F)(F)F)cn1. The van der Waals surface area contributed by atoms with Crippen molar-refractivity contribution in [2.24, 2.45) is 0 Å². The van der Waals surface area contributed by atoms with E-state index in [4.69, 9.17) is 5.11 Å². The third-order valence-corrected chi connectivity index (χ3v) is 2.52. The Kier molecular flexibility index (Phi) is 3.38. The molecule has 0 atom stereocenters. The normalized spacial score (nSPS) is 11.8. The Morgan fingerprint density at radius 2 is 1.94 bits per heavy atom. The monoisotopic (exact) mass is 256 g/mol. The summed E-state index contributed by atoms with van der Waals surface area (Å²) in [5, 5.41) is 8.85. The van der Waals surface area contributed by atoms with Gasteiger partial charge in [-0.25, -0.2) is 4.98 Å². The van der Waals surface area contributed by atoms with Crippen molar-refractivity contribution in [3.8, 4) is 0 Å². The number of nitrogens with zero attached hydrogens (tertiary/aromatic N) is 2. The van der Waals surface area contributed by atoms with Crippen molar-refractivity contribution in [3.63, 3.8) is 0 Å². The van der Waals surface area contributed by atoms with Gasteiger partial charge >= 0.3 is 6.18 Å². The molecule has 0 aliphatic rings. The maximum absolute atomic E-state index is 12.8. The molecule has 0 unspecified atom stereocenters. The number of benzene rings is 1. The van der Waals surface area contributed by atoms with E-state index in [1.54, 1.807) is 6.07 Å². The zero-order valence-electron chi connectivity index (χ0n) is 9.35. The molecule has 0 fully saturated rings. The largest absolute Gasteiger partial charge is 0.416 e. The molecule has 0 saturated carbocycles. The smallest absolute Gasteiger partial charge is 0.390 e. The number of aliphatic hydroxyl groups is 1. The molecule has 2 rings (SSSR count). The first-order chi connectivity index (χ1) is 8.50. The van der Waals surface area contributed by atoms with Crippen molar-refractivity contribution in [2.45, 2.75) is 19.3 Å². The summed E-state index contributed by atoms with van der Waals surface area (Å²) in [6.07, 6.45) is -1.44. The predicted molar refractivity (Wildman–Crippen MR) is 58.7 cm³/mol. The molecule has 0 bridgehead atoms. The average molecular weight is 256 g/mol. The lowest BCUT2D eigenvalue weighted by atomic mass is 10.1. The second-order valence-corrected chi connectivity index (χ2v) is 3.85. The lowest BCUT2D eigenvalue weighted by Crippen LogP contribution is -2.11. The van der Waals surface area contributed by atoms with Gasteiger partial charge in [0.2, 0.25) is 0 Å². The summed E-state index contributed by atoms with van der Waals surface area (Å²) in [5.74, 6) is 0. The van der Waals surface area contributed by atoms with E-state index in [1.165, 1.54) is 29.2 Å². The summed E-state index contributed by atoms with van der Waals surface area (Å²) in [4.78, 5) is 3.85. The molecule has 1 aromatic heterocycles. The molecular weight excluding hydrogens is 245 g/mol. The van der Waals surface area contributed by atoms with Crippen molar-refractivity contribution in [1.29, 1.82) is 0 Å². The van der Waals surface area contributed by atoms with Crippen molar-refractivity contribution < 1.29 is 18.3 Å². The quantitative estimate of drug-likeness (QED) is 0.916. The van der Waals surface area contributed by atoms with Crippen LogP contribution in [0.15, 0.2) is 36.8 Å². The number of hydrogen-bond acceptors (Lipinski definition) is 2. The highest BCUT2D eigenvalue weighted by Gasteiger charge is 2.32. The molecule has 1 N–H and O–H groups in total. The number of aliphatic hydroxyl groups excluding tert-OH is 1. The Bertz CT molecular complexity index is 534. The first-order valence-corrected chi connectivity index (χ1v) is 5.27. The number of hydrogen-bond donors (Lipinski definition) is 1. The van der Waals surface area contributed by atoms with Crippen LogP contribution in [0.4, 0.5) is 13.2 Å². The zero-order valence-corrected chi connectivity index (χ0v) is 9.35. The first kappa shape index (κ1) is 12.6. The average Bonchev–Trinajstić information content (AvgIpc) is 2.76. The van der Waals surface area contributed by atoms with Crippen LogP contribution in [0.5, 0.6) is 0 Å². The molecular formula is C12H11F3N2O. The van der Waals surface area contributed by atoms with E-state index in [1.807, 2.05) is 0 Å². The van der Waals surface area contributed by atoms with Gasteiger partial charge in [0, 0.05) is 12.7 Å². The minimum Gasteiger partial charge on any atom is -0.390 e. The van der Waals surface area contributed by atoms with Crippen LogP contribution < -0.4 is 0 Å². The number of alkyl halides is 3. The van der Waals surface area contributed by atoms with E-state index >= 15 is 0 Å². The Labute approximate surface area is 102 Å². The Morgan fingerprint density at radius 1 is 1.22 bits per heavy atom. The minimum atomic E-state index is -4.36. The van der Waals surface area contributed by atoms with Gasteiger partial charge in [-0.15, -0.1) is 0 Å². The van der Waals surface area contributed by atoms with Crippen LogP contribution in [-0.2, 0) is 19.3 Å². The van der Waals surface area contributed by atoms with Crippen LogP contribution in [0.25, 0.3) is 0 Å². The van der Waals surface area contributed by atoms with Gasteiger partial charge in [0.05, 0.1) is 24.2 Å². The van der Waals surface area contributed by atoms with Crippen LogP contribution in [0.3, 0.4) is 0 Å². The molecule has 1 aromatic carbocycles. The first-order valence-electron chi connectivity index (χ1n) is 5.27. The molecule has 3 nitrogen and oxygen atoms in total. The number of halogens is 3. The fraction of sp³-hybridized carbons (Fsp3) is 0.250. The van der Waals surface area contributed by atoms with E-state index in [0.29, 0.717) is 5.69 Å². The highest BCUT2D eigenvalue weighted by molar-refractivity contribution is 5.29. The highest BCUT2D eigenvalue weighted by atomic mass is 19.4. The molecule has 0 aliphatic heterocycles. The summed E-state index contributed by atoms with van der Waals surface area (Å²) in [6.45, 7) is -0.156. The zero-order chi connectivity index (χ0) is 13.2. The van der Waals surface area contributed by atoms with E-state index < -0.39 is 11.7 Å². The molecule has 2 aromatic rings. The van der Waals surface area contributed by atoms with Gasteiger partial charge in [-0.05, 0) is 11.6 Å². The van der Waals surface area contributed by atoms with Gasteiger partial charge < -0.3 is 9.67 Å². The molecule has 0 aliphatic carbocycles. The molecule has 6 heteroatoms. The second-order valence-electron chi connectivity index (χ2n) is 3.85. The van der Waals surface area contributed by atoms with Crippen LogP contribution in [0.1, 0.15) is 16.8 Å². The fourth-order valence-corrected chi connectivity index (χ4v) is 1.71. The summed E-state index contributed by atoms with van der Waals surface area (Å²) in [5.41, 5.74) is -0.0457. The Balaban J connectivity index is 2.29. The van der Waals surface area contributed by atoms with Crippen molar-refractivity contribution in [2.75, 3.05) is 0 Å². The molecule has 96 valence electrons. The summed E-state index contributed by atoms with van der Waals surface area (Å²) >= 11 is 0. The van der Waals surface area contributed by atoms with Crippen molar-refractivity contribution in [1.82, 2.24) is 9.55 Å². The minimum absolute atomic E-state index is 0.0721. The van der Waals surface area contributed by atoms with E-state index in [0.717, 1.165) is 6.07 Å². The lowest BCUT2D eigenvalue weighted by molar-refractivity contribution is -0.138. The molecule has 0 spiro atoms. The number of rotatable bonds is 3. The van der Waals surface area contributed by atoms with Crippen LogP contribution >= 0.6 is 0 Å². The van der Waals surface area contributed by atoms with Gasteiger partial charge in [-0.1, -0.05) is 18.2 Å². The van der Waals surface area contributed by atoms with Crippen molar-refractivity contribution >= 4 is 0 Å². The predicted octanol–water partition coefficient (Wildman–Crippen LogP) is 2.44. The molecule has 0 saturated heterocycles. The lowest BCUT2D eigenvalue weighted by Gasteiger charge is -2.12. The number of imidazole rings is 1. The van der Waals surface area contributed by atoms with Crippen LogP contribution in [0, 0.1) is 0 Å². The maximum atomic E-state index is 12.8. The van der Waals surface area contributed by atoms with Gasteiger partial charge in [0.1, 0.15) is 0 Å². The molecule has 18 heavy (non-hydrogen) atoms. The third kappa shape index (κ3) is 2.70. The summed E-state index contributed by atoms with van der Waals surface area (Å²) < 4.78 is 39.8. The van der Waals surface area contributed by atoms with Gasteiger partial charge in [0.15, 0.2) is 0 Å². The highest BCUT2D eigenvalue weighted by Crippen LogP contribution is 2.32. The van der Waals surface area contributed by atoms with Gasteiger partial charge in [-0.2, -0.15) is 13.2 Å². The summed E-state index contributed by atoms with van der Waals surface area (Å²) in [7, 11) is 0. The third-order valence-electron chi connectivity index (χ3n) is 2.52. The summed E-state index contributed by atoms with van der Waals surface area (Å²) in [6, 6.07) is 5.41. The Morgan fingerprint density at radius 3 is 2.56 bits per heavy atom. The van der Waals surface area contributed by atoms with Crippen molar-refractivity contribution in [3.05, 3.63) is 53.6 Å². The molecule has 0 radical (unpaired) electrons. The van der Waals surface area contributed by atoms with Crippen LogP contribution in [-0.4, -0.2) is 14.7 Å². The van der Waals surface area contributed by atoms with E-state index in [2.05, 4.69) is 4.98 Å².